The van der Waals surface area contributed by atoms with Crippen molar-refractivity contribution in [3.05, 3.63) is 23.9 Å². The van der Waals surface area contributed by atoms with Gasteiger partial charge in [-0.2, -0.15) is 0 Å². The fraction of sp³-hybridized carbons (Fsp3) is 0.583. The van der Waals surface area contributed by atoms with Crippen LogP contribution in [0.1, 0.15) is 18.5 Å². The van der Waals surface area contributed by atoms with Crippen LogP contribution in [0.2, 0.25) is 0 Å². The van der Waals surface area contributed by atoms with E-state index in [1.807, 2.05) is 18.2 Å². The molecule has 0 bridgehead atoms. The van der Waals surface area contributed by atoms with Gasteiger partial charge in [0.25, 0.3) is 0 Å². The second-order valence-corrected chi connectivity index (χ2v) is 4.23. The standard InChI is InChI=1S/C12H16ClNO2/c13-8-11-2-1-3-12(14-11)16-9-10-4-6-15-7-5-10/h1-3,10H,4-9H2. The molecule has 0 radical (unpaired) electrons. The van der Waals surface area contributed by atoms with Gasteiger partial charge in [0.15, 0.2) is 0 Å². The first-order chi connectivity index (χ1) is 7.88. The van der Waals surface area contributed by atoms with Gasteiger partial charge in [-0.3, -0.25) is 0 Å². The largest absolute Gasteiger partial charge is 0.477 e. The Morgan fingerprint density at radius 3 is 2.94 bits per heavy atom. The average molecular weight is 242 g/mol. The highest BCUT2D eigenvalue weighted by Crippen LogP contribution is 2.17. The molecule has 0 N–H and O–H groups in total. The number of pyridine rings is 1. The minimum absolute atomic E-state index is 0.425. The molecule has 0 atom stereocenters. The zero-order chi connectivity index (χ0) is 11.2. The monoisotopic (exact) mass is 241 g/mol. The molecule has 1 aliphatic heterocycles. The summed E-state index contributed by atoms with van der Waals surface area (Å²) in [6.45, 7) is 2.43. The van der Waals surface area contributed by atoms with E-state index in [2.05, 4.69) is 4.98 Å². The van der Waals surface area contributed by atoms with E-state index >= 15 is 0 Å². The van der Waals surface area contributed by atoms with E-state index in [-0.39, 0.29) is 0 Å². The molecule has 88 valence electrons. The van der Waals surface area contributed by atoms with Crippen LogP contribution >= 0.6 is 11.6 Å². The van der Waals surface area contributed by atoms with Crippen LogP contribution in [0.5, 0.6) is 5.88 Å². The Labute approximate surface area is 101 Å². The normalized spacial score (nSPS) is 17.3. The smallest absolute Gasteiger partial charge is 0.213 e. The van der Waals surface area contributed by atoms with Crippen molar-refractivity contribution in [3.63, 3.8) is 0 Å². The molecule has 16 heavy (non-hydrogen) atoms. The lowest BCUT2D eigenvalue weighted by Gasteiger charge is -2.21. The summed E-state index contributed by atoms with van der Waals surface area (Å²) >= 11 is 5.71. The molecule has 2 rings (SSSR count). The number of aromatic nitrogens is 1. The van der Waals surface area contributed by atoms with Crippen molar-refractivity contribution in [1.29, 1.82) is 0 Å². The van der Waals surface area contributed by atoms with Crippen molar-refractivity contribution in [2.24, 2.45) is 5.92 Å². The Morgan fingerprint density at radius 1 is 1.38 bits per heavy atom. The van der Waals surface area contributed by atoms with Crippen molar-refractivity contribution in [3.8, 4) is 5.88 Å². The fourth-order valence-electron chi connectivity index (χ4n) is 1.73. The Hall–Kier alpha value is -0.800. The summed E-state index contributed by atoms with van der Waals surface area (Å²) in [5.41, 5.74) is 0.853. The lowest BCUT2D eigenvalue weighted by molar-refractivity contribution is 0.0490. The Balaban J connectivity index is 1.83. The number of hydrogen-bond acceptors (Lipinski definition) is 3. The lowest BCUT2D eigenvalue weighted by atomic mass is 10.0. The van der Waals surface area contributed by atoms with E-state index in [0.717, 1.165) is 38.4 Å². The summed E-state index contributed by atoms with van der Waals surface area (Å²) in [5.74, 6) is 1.69. The van der Waals surface area contributed by atoms with Gasteiger partial charge in [0.1, 0.15) is 0 Å². The van der Waals surface area contributed by atoms with Gasteiger partial charge in [-0.1, -0.05) is 6.07 Å². The number of ether oxygens (including phenoxy) is 2. The predicted octanol–water partition coefficient (Wildman–Crippen LogP) is 2.63. The third-order valence-corrected chi connectivity index (χ3v) is 3.00. The molecule has 0 spiro atoms. The lowest BCUT2D eigenvalue weighted by Crippen LogP contribution is -2.21. The quantitative estimate of drug-likeness (QED) is 0.760. The number of halogens is 1. The Morgan fingerprint density at radius 2 is 2.19 bits per heavy atom. The van der Waals surface area contributed by atoms with Crippen molar-refractivity contribution in [1.82, 2.24) is 4.98 Å². The van der Waals surface area contributed by atoms with Gasteiger partial charge >= 0.3 is 0 Å². The van der Waals surface area contributed by atoms with E-state index < -0.39 is 0 Å². The van der Waals surface area contributed by atoms with Crippen LogP contribution in [0.25, 0.3) is 0 Å². The zero-order valence-electron chi connectivity index (χ0n) is 9.19. The van der Waals surface area contributed by atoms with E-state index in [1.165, 1.54) is 0 Å². The Kier molecular flexibility index (Phi) is 4.43. The van der Waals surface area contributed by atoms with Gasteiger partial charge in [-0.05, 0) is 24.8 Å². The molecule has 0 amide bonds. The molecule has 0 unspecified atom stereocenters. The van der Waals surface area contributed by atoms with Gasteiger partial charge in [0, 0.05) is 19.3 Å². The molecule has 1 aliphatic rings. The topological polar surface area (TPSA) is 31.4 Å². The maximum Gasteiger partial charge on any atom is 0.213 e. The fourth-order valence-corrected chi connectivity index (χ4v) is 1.88. The summed E-state index contributed by atoms with van der Waals surface area (Å²) in [7, 11) is 0. The first kappa shape index (κ1) is 11.7. The third-order valence-electron chi connectivity index (χ3n) is 2.73. The molecule has 0 aliphatic carbocycles. The summed E-state index contributed by atoms with van der Waals surface area (Å²) < 4.78 is 11.0. The molecule has 0 aromatic carbocycles. The zero-order valence-corrected chi connectivity index (χ0v) is 9.95. The molecule has 1 aromatic rings. The second-order valence-electron chi connectivity index (χ2n) is 3.97. The van der Waals surface area contributed by atoms with Crippen LogP contribution in [0.3, 0.4) is 0 Å². The van der Waals surface area contributed by atoms with Gasteiger partial charge in [-0.25, -0.2) is 4.98 Å². The summed E-state index contributed by atoms with van der Waals surface area (Å²) in [5, 5.41) is 0. The average Bonchev–Trinajstić information content (AvgIpc) is 2.38. The van der Waals surface area contributed by atoms with E-state index in [1.54, 1.807) is 0 Å². The SMILES string of the molecule is ClCc1cccc(OCC2CCOCC2)n1. The molecule has 0 saturated carbocycles. The molecule has 1 aromatic heterocycles. The van der Waals surface area contributed by atoms with Gasteiger partial charge in [0.2, 0.25) is 5.88 Å². The number of hydrogen-bond donors (Lipinski definition) is 0. The molecule has 3 nitrogen and oxygen atoms in total. The van der Waals surface area contributed by atoms with Crippen LogP contribution in [0.4, 0.5) is 0 Å². The number of alkyl halides is 1. The molecular weight excluding hydrogens is 226 g/mol. The van der Waals surface area contributed by atoms with Gasteiger partial charge < -0.3 is 9.47 Å². The maximum absolute atomic E-state index is 5.71. The minimum Gasteiger partial charge on any atom is -0.477 e. The van der Waals surface area contributed by atoms with Crippen LogP contribution in [0, 0.1) is 5.92 Å². The van der Waals surface area contributed by atoms with Crippen molar-refractivity contribution in [2.45, 2.75) is 18.7 Å². The Bertz CT molecular complexity index is 327. The molecule has 1 saturated heterocycles. The highest BCUT2D eigenvalue weighted by Gasteiger charge is 2.14. The molecule has 4 heteroatoms. The van der Waals surface area contributed by atoms with Crippen molar-refractivity contribution < 1.29 is 9.47 Å². The van der Waals surface area contributed by atoms with Gasteiger partial charge in [-0.15, -0.1) is 11.6 Å². The van der Waals surface area contributed by atoms with E-state index in [4.69, 9.17) is 21.1 Å². The first-order valence-corrected chi connectivity index (χ1v) is 6.14. The second kappa shape index (κ2) is 6.06. The van der Waals surface area contributed by atoms with Gasteiger partial charge in [0.05, 0.1) is 18.2 Å². The van der Waals surface area contributed by atoms with Crippen LogP contribution < -0.4 is 4.74 Å². The van der Waals surface area contributed by atoms with Crippen molar-refractivity contribution >= 4 is 11.6 Å². The maximum atomic E-state index is 5.71. The van der Waals surface area contributed by atoms with Crippen LogP contribution in [-0.4, -0.2) is 24.8 Å². The molecule has 1 fully saturated rings. The molecule has 2 heterocycles. The van der Waals surface area contributed by atoms with E-state index in [0.29, 0.717) is 17.7 Å². The summed E-state index contributed by atoms with van der Waals surface area (Å²) in [6, 6.07) is 5.69. The van der Waals surface area contributed by atoms with Crippen LogP contribution in [0.15, 0.2) is 18.2 Å². The van der Waals surface area contributed by atoms with E-state index in [9.17, 15) is 0 Å². The summed E-state index contributed by atoms with van der Waals surface area (Å²) in [6.07, 6.45) is 2.16. The predicted molar refractivity (Wildman–Crippen MR) is 62.8 cm³/mol. The minimum atomic E-state index is 0.425. The highest BCUT2D eigenvalue weighted by atomic mass is 35.5. The molecular formula is C12H16ClNO2. The summed E-state index contributed by atoms with van der Waals surface area (Å²) in [4.78, 5) is 4.29. The van der Waals surface area contributed by atoms with Crippen LogP contribution in [-0.2, 0) is 10.6 Å². The third kappa shape index (κ3) is 3.35. The highest BCUT2D eigenvalue weighted by molar-refractivity contribution is 6.16. The first-order valence-electron chi connectivity index (χ1n) is 5.61. The number of rotatable bonds is 4. The number of nitrogens with zero attached hydrogens (tertiary/aromatic N) is 1. The van der Waals surface area contributed by atoms with Crippen molar-refractivity contribution in [2.75, 3.05) is 19.8 Å².